The van der Waals surface area contributed by atoms with Crippen LogP contribution < -0.4 is 5.32 Å². The van der Waals surface area contributed by atoms with Gasteiger partial charge in [0.1, 0.15) is 0 Å². The largest absolute Gasteiger partial charge is 0.479 e. The van der Waals surface area contributed by atoms with Crippen molar-refractivity contribution in [2.75, 3.05) is 26.3 Å². The number of carboxylic acids is 1. The molecule has 1 fully saturated rings. The number of ether oxygens (including phenoxy) is 1. The van der Waals surface area contributed by atoms with Crippen LogP contribution in [0, 0.1) is 5.92 Å². The smallest absolute Gasteiger partial charge is 0.336 e. The highest BCUT2D eigenvalue weighted by Gasteiger charge is 2.28. The number of nitrogens with one attached hydrogen (secondary N) is 1. The van der Waals surface area contributed by atoms with Crippen molar-refractivity contribution in [2.24, 2.45) is 5.92 Å². The van der Waals surface area contributed by atoms with Crippen LogP contribution in [0.3, 0.4) is 0 Å². The summed E-state index contributed by atoms with van der Waals surface area (Å²) in [4.78, 5) is 10.6. The fourth-order valence-electron chi connectivity index (χ4n) is 1.24. The molecule has 0 aromatic carbocycles. The third kappa shape index (κ3) is 5.44. The Labute approximate surface area is 95.8 Å². The van der Waals surface area contributed by atoms with Crippen LogP contribution >= 0.6 is 0 Å². The molecule has 3 N–H and O–H groups in total. The van der Waals surface area contributed by atoms with Gasteiger partial charge in [0, 0.05) is 19.8 Å². The van der Waals surface area contributed by atoms with Crippen LogP contribution in [-0.4, -0.2) is 48.1 Å². The number of aliphatic carboxylic acids is 1. The van der Waals surface area contributed by atoms with Crippen LogP contribution in [0.5, 0.6) is 0 Å². The summed E-state index contributed by atoms with van der Waals surface area (Å²) < 4.78 is 5.42. The summed E-state index contributed by atoms with van der Waals surface area (Å²) >= 11 is 0. The monoisotopic (exact) mass is 231 g/mol. The lowest BCUT2D eigenvalue weighted by Gasteiger charge is -2.18. The number of hydrogen-bond acceptors (Lipinski definition) is 4. The van der Waals surface area contributed by atoms with Gasteiger partial charge in [-0.15, -0.1) is 0 Å². The summed E-state index contributed by atoms with van der Waals surface area (Å²) in [5, 5.41) is 20.9. The van der Waals surface area contributed by atoms with Crippen molar-refractivity contribution in [1.82, 2.24) is 5.32 Å². The Balaban J connectivity index is 1.88. The van der Waals surface area contributed by atoms with Gasteiger partial charge >= 0.3 is 5.97 Å². The Morgan fingerprint density at radius 3 is 2.81 bits per heavy atom. The first-order chi connectivity index (χ1) is 7.52. The zero-order valence-corrected chi connectivity index (χ0v) is 9.74. The minimum atomic E-state index is -1.69. The predicted molar refractivity (Wildman–Crippen MR) is 59.3 cm³/mol. The summed E-state index contributed by atoms with van der Waals surface area (Å²) in [5.74, 6) is -0.425. The van der Waals surface area contributed by atoms with Crippen LogP contribution in [0.4, 0.5) is 0 Å². The molecule has 0 heterocycles. The van der Waals surface area contributed by atoms with Gasteiger partial charge in [0.05, 0.1) is 0 Å². The predicted octanol–water partition coefficient (Wildman–Crippen LogP) is 0.228. The zero-order chi connectivity index (χ0) is 12.0. The third-order valence-corrected chi connectivity index (χ3v) is 2.62. The van der Waals surface area contributed by atoms with Gasteiger partial charge < -0.3 is 20.3 Å². The van der Waals surface area contributed by atoms with Crippen LogP contribution in [0.2, 0.25) is 0 Å². The first-order valence-electron chi connectivity index (χ1n) is 5.76. The third-order valence-electron chi connectivity index (χ3n) is 2.62. The first kappa shape index (κ1) is 13.4. The first-order valence-corrected chi connectivity index (χ1v) is 5.76. The normalized spacial score (nSPS) is 19.4. The highest BCUT2D eigenvalue weighted by Crippen LogP contribution is 2.28. The number of hydrogen-bond donors (Lipinski definition) is 3. The Bertz CT molecular complexity index is 226. The van der Waals surface area contributed by atoms with Crippen molar-refractivity contribution >= 4 is 5.97 Å². The van der Waals surface area contributed by atoms with Gasteiger partial charge in [-0.2, -0.15) is 0 Å². The molecule has 0 aromatic heterocycles. The molecule has 5 nitrogen and oxygen atoms in total. The lowest BCUT2D eigenvalue weighted by molar-refractivity contribution is -0.156. The highest BCUT2D eigenvalue weighted by atomic mass is 16.5. The van der Waals surface area contributed by atoms with Crippen LogP contribution in [0.25, 0.3) is 0 Å². The molecule has 1 rings (SSSR count). The Hall–Kier alpha value is -0.650. The van der Waals surface area contributed by atoms with E-state index >= 15 is 0 Å². The molecule has 1 unspecified atom stereocenters. The summed E-state index contributed by atoms with van der Waals surface area (Å²) in [7, 11) is 0. The van der Waals surface area contributed by atoms with Crippen molar-refractivity contribution in [3.8, 4) is 0 Å². The number of aliphatic hydroxyl groups is 1. The molecule has 5 heteroatoms. The van der Waals surface area contributed by atoms with Gasteiger partial charge in [-0.1, -0.05) is 0 Å². The summed E-state index contributed by atoms with van der Waals surface area (Å²) in [5.41, 5.74) is -1.69. The standard InChI is InChI=1S/C11H21NO4/c1-11(15,10(13)14)8-12-5-2-6-16-7-9-3-4-9/h9,12,15H,2-8H2,1H3,(H,13,14). The van der Waals surface area contributed by atoms with Gasteiger partial charge in [0.25, 0.3) is 0 Å². The maximum atomic E-state index is 10.6. The second kappa shape index (κ2) is 6.18. The number of carboxylic acid groups (broad SMARTS) is 1. The molecule has 1 aliphatic carbocycles. The molecule has 94 valence electrons. The van der Waals surface area contributed by atoms with E-state index < -0.39 is 11.6 Å². The molecular weight excluding hydrogens is 210 g/mol. The second-order valence-electron chi connectivity index (χ2n) is 4.63. The van der Waals surface area contributed by atoms with E-state index in [-0.39, 0.29) is 6.54 Å². The van der Waals surface area contributed by atoms with E-state index in [1.54, 1.807) is 0 Å². The second-order valence-corrected chi connectivity index (χ2v) is 4.63. The fraction of sp³-hybridized carbons (Fsp3) is 0.909. The van der Waals surface area contributed by atoms with Crippen molar-refractivity contribution in [2.45, 2.75) is 31.8 Å². The van der Waals surface area contributed by atoms with Gasteiger partial charge in [-0.25, -0.2) is 4.79 Å². The van der Waals surface area contributed by atoms with Crippen molar-refractivity contribution in [1.29, 1.82) is 0 Å². The lowest BCUT2D eigenvalue weighted by atomic mass is 10.1. The average Bonchev–Trinajstić information content (AvgIpc) is 2.99. The van der Waals surface area contributed by atoms with Crippen molar-refractivity contribution in [3.63, 3.8) is 0 Å². The van der Waals surface area contributed by atoms with Crippen LogP contribution in [0.1, 0.15) is 26.2 Å². The molecule has 1 saturated carbocycles. The van der Waals surface area contributed by atoms with Crippen molar-refractivity contribution in [3.05, 3.63) is 0 Å². The fourth-order valence-corrected chi connectivity index (χ4v) is 1.24. The van der Waals surface area contributed by atoms with E-state index in [0.29, 0.717) is 13.2 Å². The molecule has 0 radical (unpaired) electrons. The molecule has 1 aliphatic rings. The maximum absolute atomic E-state index is 10.6. The van der Waals surface area contributed by atoms with Gasteiger partial charge in [-0.3, -0.25) is 0 Å². The van der Waals surface area contributed by atoms with E-state index in [9.17, 15) is 9.90 Å². The van der Waals surface area contributed by atoms with Crippen LogP contribution in [-0.2, 0) is 9.53 Å². The van der Waals surface area contributed by atoms with E-state index in [0.717, 1.165) is 18.9 Å². The molecule has 0 amide bonds. The lowest BCUT2D eigenvalue weighted by Crippen LogP contribution is -2.45. The minimum absolute atomic E-state index is 0.0605. The van der Waals surface area contributed by atoms with E-state index in [4.69, 9.17) is 9.84 Å². The maximum Gasteiger partial charge on any atom is 0.336 e. The number of rotatable bonds is 9. The molecule has 1 atom stereocenters. The molecule has 0 bridgehead atoms. The van der Waals surface area contributed by atoms with Crippen molar-refractivity contribution < 1.29 is 19.7 Å². The molecular formula is C11H21NO4. The molecule has 0 aromatic rings. The van der Waals surface area contributed by atoms with Crippen LogP contribution in [0.15, 0.2) is 0 Å². The Morgan fingerprint density at radius 2 is 2.25 bits per heavy atom. The van der Waals surface area contributed by atoms with E-state index in [1.165, 1.54) is 19.8 Å². The Morgan fingerprint density at radius 1 is 1.56 bits per heavy atom. The molecule has 16 heavy (non-hydrogen) atoms. The summed E-state index contributed by atoms with van der Waals surface area (Å²) in [6.07, 6.45) is 3.42. The number of carbonyl (C=O) groups is 1. The molecule has 0 saturated heterocycles. The molecule has 0 spiro atoms. The summed E-state index contributed by atoms with van der Waals surface area (Å²) in [6.45, 7) is 3.55. The minimum Gasteiger partial charge on any atom is -0.479 e. The molecule has 0 aliphatic heterocycles. The van der Waals surface area contributed by atoms with Gasteiger partial charge in [0.2, 0.25) is 0 Å². The zero-order valence-electron chi connectivity index (χ0n) is 9.74. The Kier molecular flexibility index (Phi) is 5.18. The average molecular weight is 231 g/mol. The SMILES string of the molecule is CC(O)(CNCCCOCC1CC1)C(=O)O. The van der Waals surface area contributed by atoms with Gasteiger partial charge in [0.15, 0.2) is 5.60 Å². The van der Waals surface area contributed by atoms with E-state index in [2.05, 4.69) is 5.32 Å². The topological polar surface area (TPSA) is 78.8 Å². The summed E-state index contributed by atoms with van der Waals surface area (Å²) in [6, 6.07) is 0. The van der Waals surface area contributed by atoms with Gasteiger partial charge in [-0.05, 0) is 38.6 Å². The quantitative estimate of drug-likeness (QED) is 0.495. The highest BCUT2D eigenvalue weighted by molar-refractivity contribution is 5.76. The van der Waals surface area contributed by atoms with E-state index in [1.807, 2.05) is 0 Å².